The van der Waals surface area contributed by atoms with E-state index < -0.39 is 5.92 Å². The van der Waals surface area contributed by atoms with Crippen molar-refractivity contribution in [2.24, 2.45) is 5.92 Å². The first-order valence-corrected chi connectivity index (χ1v) is 3.12. The van der Waals surface area contributed by atoms with Crippen LogP contribution >= 0.6 is 0 Å². The van der Waals surface area contributed by atoms with Gasteiger partial charge >= 0.3 is 29.6 Å². The van der Waals surface area contributed by atoms with Crippen LogP contribution in [0.2, 0.25) is 0 Å². The van der Waals surface area contributed by atoms with Gasteiger partial charge in [-0.05, 0) is 0 Å². The Kier molecular flexibility index (Phi) is 8.69. The van der Waals surface area contributed by atoms with E-state index in [9.17, 15) is 0 Å². The Labute approximate surface area is 104 Å². The summed E-state index contributed by atoms with van der Waals surface area (Å²) in [6.45, 7) is 0. The van der Waals surface area contributed by atoms with Gasteiger partial charge in [0, 0.05) is 0 Å². The molecule has 62 valence electrons. The first-order valence-electron chi connectivity index (χ1n) is 3.12. The quantitative estimate of drug-likeness (QED) is 0.277. The van der Waals surface area contributed by atoms with Crippen molar-refractivity contribution in [1.29, 1.82) is 21.0 Å². The molecule has 0 aliphatic carbocycles. The summed E-state index contributed by atoms with van der Waals surface area (Å²) in [4.78, 5) is 0. The average molecular weight is 195 g/mol. The van der Waals surface area contributed by atoms with E-state index in [-0.39, 0.29) is 40.9 Å². The van der Waals surface area contributed by atoms with E-state index in [1.165, 1.54) is 7.11 Å². The van der Waals surface area contributed by atoms with E-state index in [0.717, 1.165) is 0 Å². The zero-order valence-corrected chi connectivity index (χ0v) is 9.77. The molecule has 0 fully saturated rings. The monoisotopic (exact) mass is 195 g/mol. The normalized spacial score (nSPS) is 6.71. The molecular formula is C8H4N4NaO+. The van der Waals surface area contributed by atoms with Gasteiger partial charge in [0.15, 0.2) is 17.3 Å². The van der Waals surface area contributed by atoms with Crippen LogP contribution in [0.15, 0.2) is 11.3 Å². The Hall–Kier alpha value is -1.50. The summed E-state index contributed by atoms with van der Waals surface area (Å²) in [6.07, 6.45) is 0. The molecule has 0 saturated carbocycles. The second-order valence-electron chi connectivity index (χ2n) is 1.86. The Bertz CT molecular complexity index is 358. The predicted octanol–water partition coefficient (Wildman–Crippen LogP) is -2.40. The molecule has 0 aromatic rings. The molecular weight excluding hydrogens is 191 g/mol. The molecule has 14 heavy (non-hydrogen) atoms. The van der Waals surface area contributed by atoms with Crippen LogP contribution in [0.3, 0.4) is 0 Å². The summed E-state index contributed by atoms with van der Waals surface area (Å²) in [7, 11) is 1.20. The molecule has 0 rings (SSSR count). The Morgan fingerprint density at radius 2 is 1.50 bits per heavy atom. The topological polar surface area (TPSA) is 104 Å². The summed E-state index contributed by atoms with van der Waals surface area (Å²) >= 11 is 0. The number of methoxy groups -OCH3 is 1. The van der Waals surface area contributed by atoms with Crippen LogP contribution in [0.5, 0.6) is 0 Å². The predicted molar refractivity (Wildman–Crippen MR) is 40.0 cm³/mol. The number of rotatable bonds is 2. The van der Waals surface area contributed by atoms with E-state index in [2.05, 4.69) is 4.74 Å². The van der Waals surface area contributed by atoms with Crippen molar-refractivity contribution in [3.8, 4) is 24.3 Å². The Balaban J connectivity index is 0. The molecule has 0 atom stereocenters. The number of allylic oxidation sites excluding steroid dienone is 2. The van der Waals surface area contributed by atoms with Gasteiger partial charge in [-0.2, -0.15) is 21.0 Å². The molecule has 0 saturated heterocycles. The maximum absolute atomic E-state index is 8.46. The van der Waals surface area contributed by atoms with Crippen LogP contribution in [-0.4, -0.2) is 7.11 Å². The molecule has 6 heteroatoms. The third kappa shape index (κ3) is 3.48. The summed E-state index contributed by atoms with van der Waals surface area (Å²) < 4.78 is 4.63. The molecule has 0 bridgehead atoms. The second-order valence-corrected chi connectivity index (χ2v) is 1.86. The van der Waals surface area contributed by atoms with Crippen molar-refractivity contribution < 1.29 is 34.3 Å². The van der Waals surface area contributed by atoms with E-state index in [4.69, 9.17) is 21.0 Å². The van der Waals surface area contributed by atoms with Gasteiger partial charge in [0.25, 0.3) is 0 Å². The van der Waals surface area contributed by atoms with Crippen LogP contribution in [0.4, 0.5) is 0 Å². The first-order chi connectivity index (χ1) is 6.24. The SMILES string of the molecule is COC(=C(C#N)C#N)C(C#N)C#N.[Na+]. The first kappa shape index (κ1) is 15.0. The van der Waals surface area contributed by atoms with Crippen LogP contribution in [0.1, 0.15) is 0 Å². The second kappa shape index (κ2) is 8.11. The van der Waals surface area contributed by atoms with E-state index in [1.807, 2.05) is 0 Å². The van der Waals surface area contributed by atoms with Crippen molar-refractivity contribution in [2.45, 2.75) is 0 Å². The van der Waals surface area contributed by atoms with Gasteiger partial charge in [-0.15, -0.1) is 0 Å². The van der Waals surface area contributed by atoms with Crippen molar-refractivity contribution in [3.63, 3.8) is 0 Å². The maximum Gasteiger partial charge on any atom is 1.00 e. The van der Waals surface area contributed by atoms with Crippen LogP contribution < -0.4 is 29.6 Å². The molecule has 5 nitrogen and oxygen atoms in total. The zero-order valence-electron chi connectivity index (χ0n) is 7.77. The minimum Gasteiger partial charge on any atom is -0.496 e. The number of nitriles is 4. The van der Waals surface area contributed by atoms with Crippen molar-refractivity contribution in [2.75, 3.05) is 7.11 Å². The van der Waals surface area contributed by atoms with E-state index in [1.54, 1.807) is 24.3 Å². The fourth-order valence-electron chi connectivity index (χ4n) is 0.646. The standard InChI is InChI=1S/C8H4N4O.Na/c1-13-8(6(2-9)3-10)7(4-11)5-12;/h6H,1H3;/q;+1. The van der Waals surface area contributed by atoms with Crippen LogP contribution in [0.25, 0.3) is 0 Å². The van der Waals surface area contributed by atoms with Gasteiger partial charge in [-0.25, -0.2) is 0 Å². The Morgan fingerprint density at radius 1 is 1.07 bits per heavy atom. The molecule has 0 amide bonds. The molecule has 0 N–H and O–H groups in total. The minimum absolute atomic E-state index is 0. The molecule has 0 aromatic heterocycles. The number of hydrogen-bond acceptors (Lipinski definition) is 5. The molecule has 0 aliphatic rings. The molecule has 0 heterocycles. The molecule has 0 aliphatic heterocycles. The van der Waals surface area contributed by atoms with Gasteiger partial charge in [-0.3, -0.25) is 0 Å². The average Bonchev–Trinajstić information content (AvgIpc) is 2.18. The summed E-state index contributed by atoms with van der Waals surface area (Å²) in [5.74, 6) is -1.41. The van der Waals surface area contributed by atoms with E-state index in [0.29, 0.717) is 0 Å². The molecule has 0 aromatic carbocycles. The fourth-order valence-corrected chi connectivity index (χ4v) is 0.646. The van der Waals surface area contributed by atoms with Crippen molar-refractivity contribution in [3.05, 3.63) is 11.3 Å². The van der Waals surface area contributed by atoms with Gasteiger partial charge in [0.05, 0.1) is 19.2 Å². The van der Waals surface area contributed by atoms with Crippen LogP contribution in [0, 0.1) is 51.2 Å². The van der Waals surface area contributed by atoms with Gasteiger partial charge in [0.2, 0.25) is 0 Å². The summed E-state index contributed by atoms with van der Waals surface area (Å²) in [5, 5.41) is 33.8. The number of nitrogens with zero attached hydrogens (tertiary/aromatic N) is 4. The van der Waals surface area contributed by atoms with Crippen molar-refractivity contribution >= 4 is 0 Å². The summed E-state index contributed by atoms with van der Waals surface area (Å²) in [6, 6.07) is 6.30. The minimum atomic E-state index is -1.21. The van der Waals surface area contributed by atoms with Crippen LogP contribution in [-0.2, 0) is 4.74 Å². The largest absolute Gasteiger partial charge is 1.00 e. The van der Waals surface area contributed by atoms with Gasteiger partial charge in [-0.1, -0.05) is 0 Å². The number of ether oxygens (including phenoxy) is 1. The molecule has 0 unspecified atom stereocenters. The van der Waals surface area contributed by atoms with E-state index >= 15 is 0 Å². The number of hydrogen-bond donors (Lipinski definition) is 0. The maximum atomic E-state index is 8.46. The molecule has 0 radical (unpaired) electrons. The van der Waals surface area contributed by atoms with Gasteiger partial charge < -0.3 is 4.74 Å². The van der Waals surface area contributed by atoms with Gasteiger partial charge in [0.1, 0.15) is 12.1 Å². The Morgan fingerprint density at radius 3 is 1.71 bits per heavy atom. The zero-order chi connectivity index (χ0) is 10.3. The smallest absolute Gasteiger partial charge is 0.496 e. The van der Waals surface area contributed by atoms with Crippen molar-refractivity contribution in [1.82, 2.24) is 0 Å². The summed E-state index contributed by atoms with van der Waals surface area (Å²) in [5.41, 5.74) is -0.351. The molecule has 0 spiro atoms. The third-order valence-electron chi connectivity index (χ3n) is 1.21. The third-order valence-corrected chi connectivity index (χ3v) is 1.21. The fraction of sp³-hybridized carbons (Fsp3) is 0.250.